The lowest BCUT2D eigenvalue weighted by atomic mass is 10.1. The average molecular weight is 276 g/mol. The Morgan fingerprint density at radius 3 is 1.24 bits per heavy atom. The van der Waals surface area contributed by atoms with E-state index in [2.05, 4.69) is 67.5 Å². The molecule has 6 heterocycles. The van der Waals surface area contributed by atoms with Crippen LogP contribution in [0.4, 0.5) is 0 Å². The smallest absolute Gasteiger partial charge is 0.244 e. The summed E-state index contributed by atoms with van der Waals surface area (Å²) in [5.41, 5.74) is 0. The van der Waals surface area contributed by atoms with E-state index in [-0.39, 0.29) is 5.91 Å². The lowest BCUT2D eigenvalue weighted by Crippen LogP contribution is -2.78. The van der Waals surface area contributed by atoms with Crippen molar-refractivity contribution in [2.75, 3.05) is 26.2 Å². The first kappa shape index (κ1) is 10.7. The molecule has 4 aliphatic heterocycles. The van der Waals surface area contributed by atoms with Crippen molar-refractivity contribution in [1.82, 2.24) is 18.9 Å². The zero-order valence-corrected chi connectivity index (χ0v) is 11.7. The van der Waals surface area contributed by atoms with Gasteiger partial charge >= 0.3 is 0 Å². The number of hydrogen-bond donors (Lipinski definition) is 0. The van der Waals surface area contributed by atoms with Crippen LogP contribution in [-0.4, -0.2) is 45.1 Å². The van der Waals surface area contributed by atoms with E-state index in [0.717, 1.165) is 26.2 Å². The first-order valence-corrected chi connectivity index (χ1v) is 7.66. The summed E-state index contributed by atoms with van der Waals surface area (Å²) >= 11 is 0. The third-order valence-corrected chi connectivity index (χ3v) is 5.41. The molecular weight excluding hydrogens is 260 g/mol. The summed E-state index contributed by atoms with van der Waals surface area (Å²) in [6.45, 7) is 4.03. The lowest BCUT2D eigenvalue weighted by molar-refractivity contribution is -0.146. The van der Waals surface area contributed by atoms with Gasteiger partial charge in [0.05, 0.1) is 0 Å². The maximum absolute atomic E-state index is 2.58. The summed E-state index contributed by atoms with van der Waals surface area (Å²) in [7, 11) is 0. The van der Waals surface area contributed by atoms with Crippen LogP contribution in [0.5, 0.6) is 0 Å². The van der Waals surface area contributed by atoms with Gasteiger partial charge in [0, 0.05) is 47.6 Å². The molecular formula is C17H16N4. The molecule has 6 rings (SSSR count). The predicted molar refractivity (Wildman–Crippen MR) is 81.7 cm³/mol. The quantitative estimate of drug-likeness (QED) is 0.564. The molecule has 0 saturated heterocycles. The summed E-state index contributed by atoms with van der Waals surface area (Å²) in [5.74, 6) is -0.171. The SMILES string of the molecule is C1=c2ccc3n2C24N(C1)CC=c1ccc(n12)=CCN4CC=3. The van der Waals surface area contributed by atoms with Crippen LogP contribution in [0.25, 0.3) is 24.3 Å². The monoisotopic (exact) mass is 276 g/mol. The fourth-order valence-electron chi connectivity index (χ4n) is 4.59. The summed E-state index contributed by atoms with van der Waals surface area (Å²) in [5, 5.41) is 5.38. The minimum atomic E-state index is -0.171. The standard InChI is InChI=1S/C17H16N4/c1-2-14-6-10-19-12-8-16-4-3-15-7-11-18-9-5-13(1)20(14)17(18,19)21(15)16/h1-8H,9-12H2. The maximum Gasteiger partial charge on any atom is 0.244 e. The van der Waals surface area contributed by atoms with Crippen LogP contribution in [-0.2, 0) is 5.91 Å². The highest BCUT2D eigenvalue weighted by atomic mass is 15.7. The predicted octanol–water partition coefficient (Wildman–Crippen LogP) is -1.81. The van der Waals surface area contributed by atoms with Gasteiger partial charge in [0.25, 0.3) is 0 Å². The average Bonchev–Trinajstić information content (AvgIpc) is 3.13. The van der Waals surface area contributed by atoms with Gasteiger partial charge in [0.1, 0.15) is 0 Å². The minimum Gasteiger partial charge on any atom is -0.292 e. The van der Waals surface area contributed by atoms with Gasteiger partial charge in [0.15, 0.2) is 0 Å². The normalized spacial score (nSPS) is 24.0. The zero-order valence-electron chi connectivity index (χ0n) is 11.7. The van der Waals surface area contributed by atoms with Gasteiger partial charge in [-0.3, -0.25) is 9.13 Å². The van der Waals surface area contributed by atoms with E-state index in [1.165, 1.54) is 21.4 Å². The van der Waals surface area contributed by atoms with Crippen LogP contribution < -0.4 is 21.4 Å². The Morgan fingerprint density at radius 1 is 0.571 bits per heavy atom. The van der Waals surface area contributed by atoms with E-state index in [9.17, 15) is 0 Å². The Bertz CT molecular complexity index is 865. The molecule has 1 spiro atoms. The molecule has 0 radical (unpaired) electrons. The molecule has 0 unspecified atom stereocenters. The summed E-state index contributed by atoms with van der Waals surface area (Å²) in [6, 6.07) is 9.06. The highest BCUT2D eigenvalue weighted by Gasteiger charge is 2.51. The van der Waals surface area contributed by atoms with Gasteiger partial charge in [-0.2, -0.15) is 0 Å². The topological polar surface area (TPSA) is 16.3 Å². The number of nitrogens with zero attached hydrogens (tertiary/aromatic N) is 4. The molecule has 2 aromatic rings. The largest absolute Gasteiger partial charge is 0.292 e. The fourth-order valence-corrected chi connectivity index (χ4v) is 4.59. The molecule has 2 aromatic heterocycles. The lowest BCUT2D eigenvalue weighted by Gasteiger charge is -2.56. The van der Waals surface area contributed by atoms with Gasteiger partial charge in [-0.15, -0.1) is 0 Å². The van der Waals surface area contributed by atoms with Crippen molar-refractivity contribution in [1.29, 1.82) is 0 Å². The molecule has 0 fully saturated rings. The Kier molecular flexibility index (Phi) is 1.64. The molecule has 0 amide bonds. The van der Waals surface area contributed by atoms with Crippen molar-refractivity contribution in [2.24, 2.45) is 0 Å². The van der Waals surface area contributed by atoms with Crippen LogP contribution in [0.1, 0.15) is 0 Å². The third-order valence-electron chi connectivity index (χ3n) is 5.41. The van der Waals surface area contributed by atoms with Crippen molar-refractivity contribution in [3.63, 3.8) is 0 Å². The van der Waals surface area contributed by atoms with Gasteiger partial charge in [0.2, 0.25) is 5.91 Å². The zero-order chi connectivity index (χ0) is 13.6. The molecule has 0 aliphatic carbocycles. The van der Waals surface area contributed by atoms with Crippen molar-refractivity contribution in [3.05, 3.63) is 45.7 Å². The van der Waals surface area contributed by atoms with Crippen LogP contribution in [0.3, 0.4) is 0 Å². The number of aromatic nitrogens is 2. The molecule has 4 nitrogen and oxygen atoms in total. The van der Waals surface area contributed by atoms with Crippen LogP contribution in [0.15, 0.2) is 24.3 Å². The van der Waals surface area contributed by atoms with Crippen molar-refractivity contribution >= 4 is 24.3 Å². The molecule has 21 heavy (non-hydrogen) atoms. The second kappa shape index (κ2) is 3.24. The highest BCUT2D eigenvalue weighted by Crippen LogP contribution is 2.31. The van der Waals surface area contributed by atoms with E-state index >= 15 is 0 Å². The number of hydrogen-bond acceptors (Lipinski definition) is 2. The third kappa shape index (κ3) is 0.991. The molecule has 0 N–H and O–H groups in total. The van der Waals surface area contributed by atoms with Crippen molar-refractivity contribution in [2.45, 2.75) is 5.91 Å². The van der Waals surface area contributed by atoms with E-state index in [0.29, 0.717) is 0 Å². The van der Waals surface area contributed by atoms with E-state index < -0.39 is 0 Å². The molecule has 104 valence electrons. The molecule has 0 aromatic carbocycles. The second-order valence-corrected chi connectivity index (χ2v) is 6.26. The van der Waals surface area contributed by atoms with Crippen LogP contribution in [0, 0.1) is 0 Å². The summed E-state index contributed by atoms with van der Waals surface area (Å²) < 4.78 is 5.04. The van der Waals surface area contributed by atoms with Crippen molar-refractivity contribution < 1.29 is 0 Å². The Balaban J connectivity index is 1.92. The van der Waals surface area contributed by atoms with E-state index in [4.69, 9.17) is 0 Å². The van der Waals surface area contributed by atoms with Gasteiger partial charge < -0.3 is 0 Å². The minimum absolute atomic E-state index is 0.171. The molecule has 0 bridgehead atoms. The Hall–Kier alpha value is -2.04. The maximum atomic E-state index is 2.58. The van der Waals surface area contributed by atoms with Crippen LogP contribution in [0.2, 0.25) is 0 Å². The van der Waals surface area contributed by atoms with Gasteiger partial charge in [-0.25, -0.2) is 9.80 Å². The Morgan fingerprint density at radius 2 is 0.905 bits per heavy atom. The summed E-state index contributed by atoms with van der Waals surface area (Å²) in [6.07, 6.45) is 9.41. The molecule has 0 saturated carbocycles. The highest BCUT2D eigenvalue weighted by molar-refractivity contribution is 5.42. The van der Waals surface area contributed by atoms with Gasteiger partial charge in [-0.1, -0.05) is 0 Å². The molecule has 4 aliphatic rings. The molecule has 0 atom stereocenters. The summed E-state index contributed by atoms with van der Waals surface area (Å²) in [4.78, 5) is 5.17. The van der Waals surface area contributed by atoms with Crippen LogP contribution >= 0.6 is 0 Å². The van der Waals surface area contributed by atoms with E-state index in [1.54, 1.807) is 0 Å². The molecule has 4 heteroatoms. The Labute approximate surface area is 121 Å². The van der Waals surface area contributed by atoms with Crippen molar-refractivity contribution in [3.8, 4) is 0 Å². The van der Waals surface area contributed by atoms with Gasteiger partial charge in [-0.05, 0) is 48.6 Å². The fraction of sp³-hybridized carbons (Fsp3) is 0.294. The first-order valence-electron chi connectivity index (χ1n) is 7.66. The second-order valence-electron chi connectivity index (χ2n) is 6.26. The van der Waals surface area contributed by atoms with E-state index in [1.807, 2.05) is 0 Å². The number of rotatable bonds is 0. The first-order chi connectivity index (χ1) is 10.4.